The number of aryl methyl sites for hydroxylation is 1. The summed E-state index contributed by atoms with van der Waals surface area (Å²) in [5, 5.41) is 12.8. The lowest BCUT2D eigenvalue weighted by Crippen LogP contribution is -2.09. The Morgan fingerprint density at radius 2 is 2.00 bits per heavy atom. The molecular weight excluding hydrogens is 334 g/mol. The van der Waals surface area contributed by atoms with E-state index in [-0.39, 0.29) is 18.8 Å². The molecule has 0 fully saturated rings. The Kier molecular flexibility index (Phi) is 5.52. The van der Waals surface area contributed by atoms with Crippen LogP contribution in [-0.4, -0.2) is 27.6 Å². The number of benzene rings is 1. The van der Waals surface area contributed by atoms with Crippen molar-refractivity contribution in [1.82, 2.24) is 9.97 Å². The Balaban J connectivity index is 0.00000192. The Bertz CT molecular complexity index is 821. The highest BCUT2D eigenvalue weighted by Crippen LogP contribution is 2.40. The molecule has 0 bridgehead atoms. The van der Waals surface area contributed by atoms with Crippen LogP contribution in [0.1, 0.15) is 11.3 Å². The van der Waals surface area contributed by atoms with E-state index in [0.29, 0.717) is 12.4 Å². The predicted molar refractivity (Wildman–Crippen MR) is 95.6 cm³/mol. The maximum atomic E-state index is 10.7. The molecule has 2 N–H and O–H groups in total. The van der Waals surface area contributed by atoms with Gasteiger partial charge in [0.05, 0.1) is 11.8 Å². The zero-order chi connectivity index (χ0) is 15.5. The van der Waals surface area contributed by atoms with Gasteiger partial charge in [-0.1, -0.05) is 30.3 Å². The lowest BCUT2D eigenvalue weighted by Gasteiger charge is -2.08. The van der Waals surface area contributed by atoms with Crippen LogP contribution in [0.3, 0.4) is 0 Å². The number of carboxylic acids is 1. The molecule has 0 spiro atoms. The van der Waals surface area contributed by atoms with Gasteiger partial charge in [0.1, 0.15) is 17.0 Å². The maximum absolute atomic E-state index is 10.7. The minimum absolute atomic E-state index is 0. The SMILES string of the molecule is Cc1sc2ncnc(NCCC(=O)O)c2c1-c1ccccc1.Cl. The number of thiophene rings is 1. The zero-order valence-electron chi connectivity index (χ0n) is 12.4. The molecule has 2 heterocycles. The second-order valence-electron chi connectivity index (χ2n) is 4.87. The number of aliphatic carboxylic acids is 1. The summed E-state index contributed by atoms with van der Waals surface area (Å²) >= 11 is 1.62. The van der Waals surface area contributed by atoms with Gasteiger partial charge in [0, 0.05) is 17.0 Å². The molecule has 0 saturated carbocycles. The third-order valence-electron chi connectivity index (χ3n) is 3.36. The first kappa shape index (κ1) is 17.2. The molecule has 0 aliphatic rings. The monoisotopic (exact) mass is 349 g/mol. The van der Waals surface area contributed by atoms with Crippen LogP contribution in [0.25, 0.3) is 21.3 Å². The van der Waals surface area contributed by atoms with Gasteiger partial charge in [-0.15, -0.1) is 23.7 Å². The summed E-state index contributed by atoms with van der Waals surface area (Å²) < 4.78 is 0. The fourth-order valence-corrected chi connectivity index (χ4v) is 3.43. The van der Waals surface area contributed by atoms with Crippen LogP contribution in [-0.2, 0) is 4.79 Å². The van der Waals surface area contributed by atoms with Gasteiger partial charge in [-0.3, -0.25) is 4.79 Å². The van der Waals surface area contributed by atoms with Crippen molar-refractivity contribution in [3.63, 3.8) is 0 Å². The van der Waals surface area contributed by atoms with Gasteiger partial charge in [0.2, 0.25) is 0 Å². The molecule has 7 heteroatoms. The van der Waals surface area contributed by atoms with E-state index in [1.807, 2.05) is 18.2 Å². The highest BCUT2D eigenvalue weighted by Gasteiger charge is 2.16. The van der Waals surface area contributed by atoms with Crippen LogP contribution in [0.2, 0.25) is 0 Å². The summed E-state index contributed by atoms with van der Waals surface area (Å²) in [4.78, 5) is 21.4. The molecule has 2 aromatic heterocycles. The van der Waals surface area contributed by atoms with Crippen LogP contribution < -0.4 is 5.32 Å². The highest BCUT2D eigenvalue weighted by atomic mass is 35.5. The van der Waals surface area contributed by atoms with E-state index in [9.17, 15) is 4.79 Å². The van der Waals surface area contributed by atoms with Gasteiger partial charge < -0.3 is 10.4 Å². The van der Waals surface area contributed by atoms with Crippen molar-refractivity contribution in [2.24, 2.45) is 0 Å². The minimum Gasteiger partial charge on any atom is -0.481 e. The number of hydrogen-bond donors (Lipinski definition) is 2. The van der Waals surface area contributed by atoms with E-state index in [4.69, 9.17) is 5.11 Å². The van der Waals surface area contributed by atoms with Crippen molar-refractivity contribution in [3.05, 3.63) is 41.5 Å². The van der Waals surface area contributed by atoms with Crippen molar-refractivity contribution in [2.45, 2.75) is 13.3 Å². The zero-order valence-corrected chi connectivity index (χ0v) is 14.1. The van der Waals surface area contributed by atoms with Crippen LogP contribution in [0.15, 0.2) is 36.7 Å². The van der Waals surface area contributed by atoms with Crippen LogP contribution >= 0.6 is 23.7 Å². The maximum Gasteiger partial charge on any atom is 0.305 e. The second kappa shape index (κ2) is 7.39. The van der Waals surface area contributed by atoms with Gasteiger partial charge in [-0.05, 0) is 12.5 Å². The number of hydrogen-bond acceptors (Lipinski definition) is 5. The number of anilines is 1. The molecule has 5 nitrogen and oxygen atoms in total. The Morgan fingerprint density at radius 1 is 1.26 bits per heavy atom. The summed E-state index contributed by atoms with van der Waals surface area (Å²) in [5.41, 5.74) is 2.22. The van der Waals surface area contributed by atoms with E-state index in [1.54, 1.807) is 11.3 Å². The fraction of sp³-hybridized carbons (Fsp3) is 0.188. The summed E-state index contributed by atoms with van der Waals surface area (Å²) in [7, 11) is 0. The molecule has 0 aliphatic heterocycles. The van der Waals surface area contributed by atoms with Crippen molar-refractivity contribution >= 4 is 45.7 Å². The highest BCUT2D eigenvalue weighted by molar-refractivity contribution is 7.19. The second-order valence-corrected chi connectivity index (χ2v) is 6.08. The molecule has 0 saturated heterocycles. The van der Waals surface area contributed by atoms with Crippen molar-refractivity contribution in [2.75, 3.05) is 11.9 Å². The largest absolute Gasteiger partial charge is 0.481 e. The van der Waals surface area contributed by atoms with E-state index in [0.717, 1.165) is 21.3 Å². The van der Waals surface area contributed by atoms with Gasteiger partial charge in [0.25, 0.3) is 0 Å². The summed E-state index contributed by atoms with van der Waals surface area (Å²) in [5.74, 6) is -0.142. The average molecular weight is 350 g/mol. The van der Waals surface area contributed by atoms with E-state index >= 15 is 0 Å². The Hall–Kier alpha value is -2.18. The Morgan fingerprint density at radius 3 is 2.70 bits per heavy atom. The van der Waals surface area contributed by atoms with E-state index in [1.165, 1.54) is 11.2 Å². The summed E-state index contributed by atoms with van der Waals surface area (Å²) in [6.07, 6.45) is 1.56. The topological polar surface area (TPSA) is 75.1 Å². The van der Waals surface area contributed by atoms with E-state index < -0.39 is 5.97 Å². The molecule has 0 unspecified atom stereocenters. The fourth-order valence-electron chi connectivity index (χ4n) is 2.42. The lowest BCUT2D eigenvalue weighted by atomic mass is 10.0. The van der Waals surface area contributed by atoms with Gasteiger partial charge >= 0.3 is 5.97 Å². The number of nitrogens with zero attached hydrogens (tertiary/aromatic N) is 2. The smallest absolute Gasteiger partial charge is 0.305 e. The van der Waals surface area contributed by atoms with Crippen LogP contribution in [0, 0.1) is 6.92 Å². The molecule has 0 amide bonds. The molecule has 0 aliphatic carbocycles. The van der Waals surface area contributed by atoms with Crippen molar-refractivity contribution in [3.8, 4) is 11.1 Å². The number of aromatic nitrogens is 2. The van der Waals surface area contributed by atoms with E-state index in [2.05, 4.69) is 34.3 Å². The number of rotatable bonds is 5. The molecule has 0 atom stereocenters. The summed E-state index contributed by atoms with van der Waals surface area (Å²) in [6, 6.07) is 10.1. The third kappa shape index (κ3) is 3.60. The third-order valence-corrected chi connectivity index (χ3v) is 4.37. The van der Waals surface area contributed by atoms with Crippen molar-refractivity contribution in [1.29, 1.82) is 0 Å². The standard InChI is InChI=1S/C16H15N3O2S.ClH/c1-10-13(11-5-3-2-4-6-11)14-15(17-8-7-12(20)21)18-9-19-16(14)22-10;/h2-6,9H,7-8H2,1H3,(H,20,21)(H,17,18,19);1H. The average Bonchev–Trinajstić information content (AvgIpc) is 2.84. The first-order chi connectivity index (χ1) is 10.7. The van der Waals surface area contributed by atoms with Gasteiger partial charge in [0.15, 0.2) is 0 Å². The molecule has 120 valence electrons. The normalized spacial score (nSPS) is 10.3. The first-order valence-corrected chi connectivity index (χ1v) is 7.73. The quantitative estimate of drug-likeness (QED) is 0.728. The van der Waals surface area contributed by atoms with Crippen LogP contribution in [0.4, 0.5) is 5.82 Å². The minimum atomic E-state index is -0.831. The predicted octanol–water partition coefficient (Wildman–Crippen LogP) is 3.98. The number of carbonyl (C=O) groups is 1. The van der Waals surface area contributed by atoms with Crippen molar-refractivity contribution < 1.29 is 9.90 Å². The molecule has 23 heavy (non-hydrogen) atoms. The number of carboxylic acid groups (broad SMARTS) is 1. The lowest BCUT2D eigenvalue weighted by molar-refractivity contribution is -0.136. The summed E-state index contributed by atoms with van der Waals surface area (Å²) in [6.45, 7) is 2.40. The van der Waals surface area contributed by atoms with Gasteiger partial charge in [-0.25, -0.2) is 9.97 Å². The molecule has 3 rings (SSSR count). The number of halogens is 1. The first-order valence-electron chi connectivity index (χ1n) is 6.92. The molecule has 1 aromatic carbocycles. The van der Waals surface area contributed by atoms with Crippen LogP contribution in [0.5, 0.6) is 0 Å². The van der Waals surface area contributed by atoms with Gasteiger partial charge in [-0.2, -0.15) is 0 Å². The molecular formula is C16H16ClN3O2S. The number of fused-ring (bicyclic) bond motifs is 1. The number of nitrogens with one attached hydrogen (secondary N) is 1. The Labute approximate surface area is 143 Å². The molecule has 0 radical (unpaired) electrons. The molecule has 3 aromatic rings.